The van der Waals surface area contributed by atoms with Crippen LogP contribution in [0.25, 0.3) is 11.4 Å². The maximum absolute atomic E-state index is 13.3. The first-order chi connectivity index (χ1) is 14.7. The van der Waals surface area contributed by atoms with Gasteiger partial charge in [0.05, 0.1) is 18.4 Å². The number of rotatable bonds is 9. The molecule has 30 heavy (non-hydrogen) atoms. The van der Waals surface area contributed by atoms with Crippen molar-refractivity contribution >= 4 is 29.0 Å². The Morgan fingerprint density at radius 1 is 1.30 bits per heavy atom. The van der Waals surface area contributed by atoms with Crippen molar-refractivity contribution in [3.63, 3.8) is 0 Å². The number of carbonyl (C=O) groups is 1. The number of hydrogen-bond acceptors (Lipinski definition) is 6. The quantitative estimate of drug-likeness (QED) is 0.507. The van der Waals surface area contributed by atoms with Gasteiger partial charge in [-0.3, -0.25) is 9.36 Å². The van der Waals surface area contributed by atoms with E-state index in [4.69, 9.17) is 4.74 Å². The van der Waals surface area contributed by atoms with E-state index in [1.54, 1.807) is 23.5 Å². The summed E-state index contributed by atoms with van der Waals surface area (Å²) in [4.78, 5) is 13.5. The maximum atomic E-state index is 13.3. The Kier molecular flexibility index (Phi) is 7.14. The molecule has 2 aromatic heterocycles. The van der Waals surface area contributed by atoms with Gasteiger partial charge in [0.1, 0.15) is 5.82 Å². The van der Waals surface area contributed by atoms with E-state index in [-0.39, 0.29) is 23.6 Å². The van der Waals surface area contributed by atoms with E-state index in [0.717, 1.165) is 31.4 Å². The number of benzene rings is 1. The van der Waals surface area contributed by atoms with Crippen LogP contribution in [0.1, 0.15) is 17.7 Å². The third-order valence-corrected chi connectivity index (χ3v) is 6.74. The molecule has 1 N–H and O–H groups in total. The molecule has 0 saturated carbocycles. The smallest absolute Gasteiger partial charge is 0.230 e. The van der Waals surface area contributed by atoms with Crippen molar-refractivity contribution in [1.29, 1.82) is 0 Å². The van der Waals surface area contributed by atoms with Gasteiger partial charge in [-0.15, -0.1) is 21.5 Å². The minimum absolute atomic E-state index is 0.0356. The first kappa shape index (κ1) is 21.0. The summed E-state index contributed by atoms with van der Waals surface area (Å²) < 4.78 is 21.1. The number of carbonyl (C=O) groups excluding carboxylic acids is 1. The van der Waals surface area contributed by atoms with E-state index in [2.05, 4.69) is 21.6 Å². The average molecular weight is 447 g/mol. The van der Waals surface area contributed by atoms with Crippen LogP contribution in [0.5, 0.6) is 0 Å². The van der Waals surface area contributed by atoms with Crippen molar-refractivity contribution in [1.82, 2.24) is 20.1 Å². The summed E-state index contributed by atoms with van der Waals surface area (Å²) in [5, 5.41) is 14.3. The highest BCUT2D eigenvalue weighted by molar-refractivity contribution is 7.99. The van der Waals surface area contributed by atoms with Crippen LogP contribution >= 0.6 is 23.1 Å². The molecular weight excluding hydrogens is 423 g/mol. The zero-order valence-electron chi connectivity index (χ0n) is 16.4. The van der Waals surface area contributed by atoms with Gasteiger partial charge >= 0.3 is 0 Å². The lowest BCUT2D eigenvalue weighted by atomic mass is 10.2. The molecule has 1 aromatic carbocycles. The van der Waals surface area contributed by atoms with Crippen LogP contribution in [0.3, 0.4) is 0 Å². The molecule has 1 aliphatic rings. The standard InChI is InChI=1S/C21H23FN4O2S2/c22-16-7-5-15(6-8-16)20-24-25-21(26(20)13-17-3-1-11-28-17)30-14-19(27)23-10-9-18-4-2-12-29-18/h2,4-8,12,17H,1,3,9-11,13-14H2,(H,23,27). The number of nitrogens with one attached hydrogen (secondary N) is 1. The molecule has 0 radical (unpaired) electrons. The van der Waals surface area contributed by atoms with Crippen LogP contribution in [-0.4, -0.2) is 45.7 Å². The highest BCUT2D eigenvalue weighted by Gasteiger charge is 2.22. The van der Waals surface area contributed by atoms with Crippen molar-refractivity contribution in [2.45, 2.75) is 37.1 Å². The Labute approximate surface area is 182 Å². The fourth-order valence-electron chi connectivity index (χ4n) is 3.33. The molecular formula is C21H23FN4O2S2. The number of thiophene rings is 1. The fraction of sp³-hybridized carbons (Fsp3) is 0.381. The van der Waals surface area contributed by atoms with Gasteiger partial charge in [-0.2, -0.15) is 0 Å². The summed E-state index contributed by atoms with van der Waals surface area (Å²) >= 11 is 3.05. The number of ether oxygens (including phenoxy) is 1. The van der Waals surface area contributed by atoms with Gasteiger partial charge in [0, 0.05) is 23.6 Å². The summed E-state index contributed by atoms with van der Waals surface area (Å²) in [7, 11) is 0. The highest BCUT2D eigenvalue weighted by atomic mass is 32.2. The molecule has 1 aliphatic heterocycles. The molecule has 158 valence electrons. The largest absolute Gasteiger partial charge is 0.376 e. The van der Waals surface area contributed by atoms with Crippen molar-refractivity contribution in [2.24, 2.45) is 0 Å². The molecule has 4 rings (SSSR count). The van der Waals surface area contributed by atoms with Crippen molar-refractivity contribution < 1.29 is 13.9 Å². The normalized spacial score (nSPS) is 16.1. The number of thioether (sulfide) groups is 1. The molecule has 0 spiro atoms. The van der Waals surface area contributed by atoms with E-state index < -0.39 is 0 Å². The second kappa shape index (κ2) is 10.2. The number of nitrogens with zero attached hydrogens (tertiary/aromatic N) is 3. The Hall–Kier alpha value is -2.23. The van der Waals surface area contributed by atoms with Crippen LogP contribution < -0.4 is 5.32 Å². The zero-order valence-corrected chi connectivity index (χ0v) is 18.1. The second-order valence-corrected chi connectivity index (χ2v) is 9.00. The lowest BCUT2D eigenvalue weighted by Crippen LogP contribution is -2.27. The lowest BCUT2D eigenvalue weighted by molar-refractivity contribution is -0.118. The van der Waals surface area contributed by atoms with E-state index in [1.165, 1.54) is 28.8 Å². The average Bonchev–Trinajstić information content (AvgIpc) is 3.50. The zero-order chi connectivity index (χ0) is 20.8. The summed E-state index contributed by atoms with van der Waals surface area (Å²) in [6.07, 6.45) is 2.94. The third kappa shape index (κ3) is 5.47. The van der Waals surface area contributed by atoms with Crippen LogP contribution in [0, 0.1) is 5.82 Å². The van der Waals surface area contributed by atoms with Gasteiger partial charge in [-0.1, -0.05) is 17.8 Å². The first-order valence-corrected chi connectivity index (χ1v) is 11.8. The lowest BCUT2D eigenvalue weighted by Gasteiger charge is -2.14. The van der Waals surface area contributed by atoms with E-state index in [0.29, 0.717) is 24.1 Å². The van der Waals surface area contributed by atoms with E-state index in [9.17, 15) is 9.18 Å². The molecule has 0 aliphatic carbocycles. The monoisotopic (exact) mass is 446 g/mol. The predicted molar refractivity (Wildman–Crippen MR) is 116 cm³/mol. The molecule has 9 heteroatoms. The first-order valence-electron chi connectivity index (χ1n) is 9.91. The molecule has 3 heterocycles. The van der Waals surface area contributed by atoms with Gasteiger partial charge in [0.25, 0.3) is 0 Å². The van der Waals surface area contributed by atoms with Crippen molar-refractivity contribution in [3.05, 3.63) is 52.5 Å². The molecule has 1 unspecified atom stereocenters. The van der Waals surface area contributed by atoms with Gasteiger partial charge in [0.2, 0.25) is 5.91 Å². The SMILES string of the molecule is O=C(CSc1nnc(-c2ccc(F)cc2)n1CC1CCCO1)NCCc1cccs1. The van der Waals surface area contributed by atoms with Crippen molar-refractivity contribution in [3.8, 4) is 11.4 Å². The van der Waals surface area contributed by atoms with Gasteiger partial charge < -0.3 is 10.1 Å². The summed E-state index contributed by atoms with van der Waals surface area (Å²) in [6, 6.07) is 10.3. The molecule has 6 nitrogen and oxygen atoms in total. The van der Waals surface area contributed by atoms with Crippen LogP contribution in [0.2, 0.25) is 0 Å². The fourth-order valence-corrected chi connectivity index (χ4v) is 4.81. The van der Waals surface area contributed by atoms with E-state index in [1.807, 2.05) is 16.0 Å². The highest BCUT2D eigenvalue weighted by Crippen LogP contribution is 2.26. The summed E-state index contributed by atoms with van der Waals surface area (Å²) in [6.45, 7) is 1.99. The topological polar surface area (TPSA) is 69.0 Å². The number of amides is 1. The Bertz CT molecular complexity index is 954. The predicted octanol–water partition coefficient (Wildman–Crippen LogP) is 3.78. The van der Waals surface area contributed by atoms with Crippen LogP contribution in [-0.2, 0) is 22.5 Å². The molecule has 1 saturated heterocycles. The molecule has 1 amide bonds. The van der Waals surface area contributed by atoms with Gasteiger partial charge in [0.15, 0.2) is 11.0 Å². The number of aromatic nitrogens is 3. The number of halogens is 1. The minimum Gasteiger partial charge on any atom is -0.376 e. The molecule has 0 bridgehead atoms. The number of hydrogen-bond donors (Lipinski definition) is 1. The summed E-state index contributed by atoms with van der Waals surface area (Å²) in [5.74, 6) is 0.591. The molecule has 3 aromatic rings. The van der Waals surface area contributed by atoms with Crippen molar-refractivity contribution in [2.75, 3.05) is 18.9 Å². The minimum atomic E-state index is -0.294. The Morgan fingerprint density at radius 2 is 2.17 bits per heavy atom. The van der Waals surface area contributed by atoms with E-state index >= 15 is 0 Å². The van der Waals surface area contributed by atoms with Gasteiger partial charge in [-0.05, 0) is 55.0 Å². The third-order valence-electron chi connectivity index (χ3n) is 4.84. The Morgan fingerprint density at radius 3 is 2.90 bits per heavy atom. The summed E-state index contributed by atoms with van der Waals surface area (Å²) in [5.41, 5.74) is 0.786. The Balaban J connectivity index is 1.41. The molecule has 1 fully saturated rings. The van der Waals surface area contributed by atoms with Crippen LogP contribution in [0.4, 0.5) is 4.39 Å². The second-order valence-electron chi connectivity index (χ2n) is 7.03. The van der Waals surface area contributed by atoms with Gasteiger partial charge in [-0.25, -0.2) is 4.39 Å². The maximum Gasteiger partial charge on any atom is 0.230 e. The van der Waals surface area contributed by atoms with Crippen LogP contribution in [0.15, 0.2) is 46.9 Å². The molecule has 1 atom stereocenters.